The van der Waals surface area contributed by atoms with Crippen molar-refractivity contribution in [3.8, 4) is 5.69 Å². The molecule has 0 saturated heterocycles. The van der Waals surface area contributed by atoms with Gasteiger partial charge in [0.15, 0.2) is 0 Å². The standard InChI is InChI=1S/C20H16N6O3S/c1-13-2-4-14(5-3-13)10-18-23-24-20(30-18)22-19(27)15-6-7-16(17(11-15)26(28)29)25-9-8-21-12-25/h2-9,11-12H,10H2,1H3,(H,22,24,27). The maximum absolute atomic E-state index is 12.6. The van der Waals surface area contributed by atoms with Crippen LogP contribution in [-0.2, 0) is 6.42 Å². The number of nitro benzene ring substituents is 1. The van der Waals surface area contributed by atoms with Crippen molar-refractivity contribution < 1.29 is 9.72 Å². The minimum atomic E-state index is -0.531. The fourth-order valence-electron chi connectivity index (χ4n) is 2.86. The first-order valence-corrected chi connectivity index (χ1v) is 9.77. The van der Waals surface area contributed by atoms with Crippen molar-refractivity contribution in [3.05, 3.63) is 93.0 Å². The number of carbonyl (C=O) groups is 1. The highest BCUT2D eigenvalue weighted by molar-refractivity contribution is 7.15. The molecular formula is C20H16N6O3S. The summed E-state index contributed by atoms with van der Waals surface area (Å²) in [5, 5.41) is 23.3. The van der Waals surface area contributed by atoms with Crippen molar-refractivity contribution in [2.24, 2.45) is 0 Å². The zero-order chi connectivity index (χ0) is 21.1. The topological polar surface area (TPSA) is 116 Å². The van der Waals surface area contributed by atoms with E-state index < -0.39 is 10.8 Å². The van der Waals surface area contributed by atoms with Crippen molar-refractivity contribution in [2.75, 3.05) is 5.32 Å². The van der Waals surface area contributed by atoms with Gasteiger partial charge in [-0.2, -0.15) is 0 Å². The molecule has 2 aromatic heterocycles. The van der Waals surface area contributed by atoms with Gasteiger partial charge in [0.2, 0.25) is 5.13 Å². The number of aryl methyl sites for hydroxylation is 1. The van der Waals surface area contributed by atoms with Gasteiger partial charge >= 0.3 is 0 Å². The van der Waals surface area contributed by atoms with E-state index in [1.807, 2.05) is 31.2 Å². The zero-order valence-electron chi connectivity index (χ0n) is 15.8. The monoisotopic (exact) mass is 420 g/mol. The Kier molecular flexibility index (Phi) is 5.31. The van der Waals surface area contributed by atoms with Crippen LogP contribution >= 0.6 is 11.3 Å². The van der Waals surface area contributed by atoms with E-state index in [-0.39, 0.29) is 11.3 Å². The van der Waals surface area contributed by atoms with E-state index in [0.717, 1.165) is 10.6 Å². The molecule has 10 heteroatoms. The number of imidazole rings is 1. The molecule has 2 aromatic carbocycles. The molecule has 0 aliphatic carbocycles. The Morgan fingerprint density at radius 1 is 1.20 bits per heavy atom. The van der Waals surface area contributed by atoms with Gasteiger partial charge < -0.3 is 4.57 Å². The van der Waals surface area contributed by atoms with E-state index in [1.165, 1.54) is 52.2 Å². The number of hydrogen-bond acceptors (Lipinski definition) is 7. The molecule has 0 radical (unpaired) electrons. The molecule has 0 atom stereocenters. The first-order chi connectivity index (χ1) is 14.5. The van der Waals surface area contributed by atoms with Gasteiger partial charge in [0, 0.05) is 30.4 Å². The lowest BCUT2D eigenvalue weighted by Gasteiger charge is -2.06. The molecule has 4 rings (SSSR count). The third-order valence-electron chi connectivity index (χ3n) is 4.38. The summed E-state index contributed by atoms with van der Waals surface area (Å²) in [5.74, 6) is -0.492. The highest BCUT2D eigenvalue weighted by Crippen LogP contribution is 2.25. The quantitative estimate of drug-likeness (QED) is 0.375. The molecule has 0 bridgehead atoms. The summed E-state index contributed by atoms with van der Waals surface area (Å²) in [5.41, 5.74) is 2.56. The number of carbonyl (C=O) groups excluding carboxylic acids is 1. The number of rotatable bonds is 6. The van der Waals surface area contributed by atoms with Crippen LogP contribution in [0.15, 0.2) is 61.2 Å². The minimum Gasteiger partial charge on any atom is -0.300 e. The van der Waals surface area contributed by atoms with Gasteiger partial charge in [-0.05, 0) is 24.6 Å². The predicted octanol–water partition coefficient (Wildman–Crippen LogP) is 3.78. The number of amides is 1. The van der Waals surface area contributed by atoms with E-state index in [4.69, 9.17) is 0 Å². The van der Waals surface area contributed by atoms with Crippen LogP contribution in [0.5, 0.6) is 0 Å². The fraction of sp³-hybridized carbons (Fsp3) is 0.100. The first kappa shape index (κ1) is 19.4. The van der Waals surface area contributed by atoms with Crippen LogP contribution in [0.4, 0.5) is 10.8 Å². The number of benzene rings is 2. The molecule has 2 heterocycles. The Morgan fingerprint density at radius 3 is 2.70 bits per heavy atom. The first-order valence-electron chi connectivity index (χ1n) is 8.95. The van der Waals surface area contributed by atoms with Crippen LogP contribution in [0.2, 0.25) is 0 Å². The number of nitrogens with zero attached hydrogens (tertiary/aromatic N) is 5. The SMILES string of the molecule is Cc1ccc(Cc2nnc(NC(=O)c3ccc(-n4ccnc4)c([N+](=O)[O-])c3)s2)cc1. The molecule has 0 saturated carbocycles. The number of nitro groups is 1. The van der Waals surface area contributed by atoms with E-state index in [1.54, 1.807) is 6.20 Å². The average molecular weight is 420 g/mol. The molecule has 30 heavy (non-hydrogen) atoms. The molecule has 0 spiro atoms. The molecule has 9 nitrogen and oxygen atoms in total. The molecule has 4 aromatic rings. The second-order valence-electron chi connectivity index (χ2n) is 6.55. The van der Waals surface area contributed by atoms with E-state index in [2.05, 4.69) is 20.5 Å². The second kappa shape index (κ2) is 8.21. The van der Waals surface area contributed by atoms with E-state index in [9.17, 15) is 14.9 Å². The molecule has 0 aliphatic rings. The zero-order valence-corrected chi connectivity index (χ0v) is 16.7. The van der Waals surface area contributed by atoms with Gasteiger partial charge in [0.05, 0.1) is 11.3 Å². The van der Waals surface area contributed by atoms with Crippen molar-refractivity contribution >= 4 is 28.1 Å². The number of hydrogen-bond donors (Lipinski definition) is 1. The van der Waals surface area contributed by atoms with Gasteiger partial charge in [-0.1, -0.05) is 41.2 Å². The predicted molar refractivity (Wildman–Crippen MR) is 112 cm³/mol. The number of anilines is 1. The van der Waals surface area contributed by atoms with Crippen LogP contribution in [-0.4, -0.2) is 30.6 Å². The molecule has 0 unspecified atom stereocenters. The maximum atomic E-state index is 12.6. The molecular weight excluding hydrogens is 404 g/mol. The molecule has 150 valence electrons. The minimum absolute atomic E-state index is 0.154. The summed E-state index contributed by atoms with van der Waals surface area (Å²) in [6.07, 6.45) is 5.19. The average Bonchev–Trinajstić information content (AvgIpc) is 3.41. The molecule has 1 amide bonds. The van der Waals surface area contributed by atoms with Crippen LogP contribution < -0.4 is 5.32 Å². The largest absolute Gasteiger partial charge is 0.300 e. The highest BCUT2D eigenvalue weighted by Gasteiger charge is 2.19. The smallest absolute Gasteiger partial charge is 0.294 e. The third kappa shape index (κ3) is 4.23. The van der Waals surface area contributed by atoms with Crippen LogP contribution in [0.3, 0.4) is 0 Å². The molecule has 0 fully saturated rings. The van der Waals surface area contributed by atoms with Crippen molar-refractivity contribution in [1.82, 2.24) is 19.7 Å². The second-order valence-corrected chi connectivity index (χ2v) is 7.61. The van der Waals surface area contributed by atoms with Gasteiger partial charge in [0.1, 0.15) is 10.7 Å². The Hall–Kier alpha value is -3.92. The van der Waals surface area contributed by atoms with Crippen LogP contribution in [0.1, 0.15) is 26.5 Å². The van der Waals surface area contributed by atoms with Gasteiger partial charge in [-0.25, -0.2) is 4.98 Å². The summed E-state index contributed by atoms with van der Waals surface area (Å²) < 4.78 is 1.52. The Bertz CT molecular complexity index is 1200. The maximum Gasteiger partial charge on any atom is 0.294 e. The Morgan fingerprint density at radius 2 is 2.00 bits per heavy atom. The van der Waals surface area contributed by atoms with Gasteiger partial charge in [-0.3, -0.25) is 20.2 Å². The highest BCUT2D eigenvalue weighted by atomic mass is 32.1. The normalized spacial score (nSPS) is 10.7. The van der Waals surface area contributed by atoms with Crippen molar-refractivity contribution in [3.63, 3.8) is 0 Å². The number of nitrogens with one attached hydrogen (secondary N) is 1. The molecule has 1 N–H and O–H groups in total. The lowest BCUT2D eigenvalue weighted by molar-refractivity contribution is -0.384. The Balaban J connectivity index is 1.50. The summed E-state index contributed by atoms with van der Waals surface area (Å²) in [6, 6.07) is 12.4. The van der Waals surface area contributed by atoms with Crippen molar-refractivity contribution in [1.29, 1.82) is 0 Å². The van der Waals surface area contributed by atoms with Crippen LogP contribution in [0, 0.1) is 17.0 Å². The fourth-order valence-corrected chi connectivity index (χ4v) is 3.63. The Labute approximate surface area is 175 Å². The summed E-state index contributed by atoms with van der Waals surface area (Å²) in [4.78, 5) is 27.4. The third-order valence-corrected chi connectivity index (χ3v) is 5.22. The van der Waals surface area contributed by atoms with E-state index in [0.29, 0.717) is 17.2 Å². The number of aromatic nitrogens is 4. The summed E-state index contributed by atoms with van der Waals surface area (Å²) >= 11 is 1.27. The summed E-state index contributed by atoms with van der Waals surface area (Å²) in [7, 11) is 0. The lowest BCUT2D eigenvalue weighted by atomic mass is 10.1. The molecule has 0 aliphatic heterocycles. The van der Waals surface area contributed by atoms with Gasteiger partial charge in [0.25, 0.3) is 11.6 Å². The van der Waals surface area contributed by atoms with Gasteiger partial charge in [-0.15, -0.1) is 10.2 Å². The lowest BCUT2D eigenvalue weighted by Crippen LogP contribution is -2.12. The van der Waals surface area contributed by atoms with E-state index >= 15 is 0 Å². The van der Waals surface area contributed by atoms with Crippen molar-refractivity contribution in [2.45, 2.75) is 13.3 Å². The summed E-state index contributed by atoms with van der Waals surface area (Å²) in [6.45, 7) is 2.02. The van der Waals surface area contributed by atoms with Crippen LogP contribution in [0.25, 0.3) is 5.69 Å².